The maximum absolute atomic E-state index is 13.8. The quantitative estimate of drug-likeness (QED) is 0.642. The summed E-state index contributed by atoms with van der Waals surface area (Å²) in [4.78, 5) is 2.47. The summed E-state index contributed by atoms with van der Waals surface area (Å²) < 4.78 is 13.8. The zero-order chi connectivity index (χ0) is 14.6. The van der Waals surface area contributed by atoms with Crippen LogP contribution < -0.4 is 11.3 Å². The molecular formula is C16H26FN3. The van der Waals surface area contributed by atoms with Gasteiger partial charge in [-0.05, 0) is 57.8 Å². The number of hydrazine groups is 1. The summed E-state index contributed by atoms with van der Waals surface area (Å²) in [6, 6.07) is 6.97. The van der Waals surface area contributed by atoms with Crippen LogP contribution in [0.2, 0.25) is 0 Å². The van der Waals surface area contributed by atoms with Crippen molar-refractivity contribution in [2.75, 3.05) is 13.1 Å². The summed E-state index contributed by atoms with van der Waals surface area (Å²) in [7, 11) is 0. The van der Waals surface area contributed by atoms with Crippen molar-refractivity contribution in [3.63, 3.8) is 0 Å². The Morgan fingerprint density at radius 3 is 2.50 bits per heavy atom. The summed E-state index contributed by atoms with van der Waals surface area (Å²) in [5.74, 6) is 5.61. The van der Waals surface area contributed by atoms with Gasteiger partial charge in [-0.25, -0.2) is 4.39 Å². The minimum Gasteiger partial charge on any atom is -0.297 e. The second kappa shape index (κ2) is 6.66. The van der Waals surface area contributed by atoms with Gasteiger partial charge in [-0.15, -0.1) is 0 Å². The smallest absolute Gasteiger partial charge is 0.126 e. The van der Waals surface area contributed by atoms with Gasteiger partial charge < -0.3 is 0 Å². The van der Waals surface area contributed by atoms with Crippen molar-refractivity contribution in [2.24, 2.45) is 5.84 Å². The van der Waals surface area contributed by atoms with E-state index in [0.717, 1.165) is 18.7 Å². The first-order valence-electron chi connectivity index (χ1n) is 7.50. The maximum atomic E-state index is 13.8. The number of nitrogens with one attached hydrogen (secondary N) is 1. The van der Waals surface area contributed by atoms with Crippen LogP contribution >= 0.6 is 0 Å². The molecule has 0 amide bonds. The van der Waals surface area contributed by atoms with Crippen LogP contribution in [0.25, 0.3) is 0 Å². The fraction of sp³-hybridized carbons (Fsp3) is 0.625. The Kier molecular flexibility index (Phi) is 5.13. The standard InChI is InChI=1S/C16H26FN3/c1-16(2,20-10-6-3-7-11-20)15(19-18)12-13-8-4-5-9-14(13)17/h4-5,8-9,15,19H,3,6-7,10-12,18H2,1-2H3. The van der Waals surface area contributed by atoms with E-state index in [1.54, 1.807) is 6.07 Å². The van der Waals surface area contributed by atoms with Crippen LogP contribution in [0.15, 0.2) is 24.3 Å². The number of nitrogens with zero attached hydrogens (tertiary/aromatic N) is 1. The minimum absolute atomic E-state index is 0.0255. The first-order chi connectivity index (χ1) is 9.55. The van der Waals surface area contributed by atoms with E-state index in [4.69, 9.17) is 5.84 Å². The molecule has 1 aliphatic rings. The van der Waals surface area contributed by atoms with Crippen molar-refractivity contribution in [3.8, 4) is 0 Å². The molecule has 20 heavy (non-hydrogen) atoms. The third-order valence-corrected chi connectivity index (χ3v) is 4.61. The Labute approximate surface area is 121 Å². The summed E-state index contributed by atoms with van der Waals surface area (Å²) >= 11 is 0. The summed E-state index contributed by atoms with van der Waals surface area (Å²) in [6.45, 7) is 6.60. The Bertz CT molecular complexity index is 427. The molecule has 0 aliphatic carbocycles. The van der Waals surface area contributed by atoms with E-state index in [9.17, 15) is 4.39 Å². The maximum Gasteiger partial charge on any atom is 0.126 e. The number of hydrogen-bond donors (Lipinski definition) is 2. The molecule has 1 fully saturated rings. The highest BCUT2D eigenvalue weighted by molar-refractivity contribution is 5.19. The van der Waals surface area contributed by atoms with Crippen molar-refractivity contribution in [3.05, 3.63) is 35.6 Å². The fourth-order valence-corrected chi connectivity index (χ4v) is 3.09. The van der Waals surface area contributed by atoms with Crippen molar-refractivity contribution in [2.45, 2.75) is 51.1 Å². The highest BCUT2D eigenvalue weighted by Gasteiger charge is 2.35. The molecule has 1 heterocycles. The third kappa shape index (κ3) is 3.37. The Morgan fingerprint density at radius 2 is 1.90 bits per heavy atom. The molecule has 112 valence electrons. The van der Waals surface area contributed by atoms with Gasteiger partial charge in [0.25, 0.3) is 0 Å². The number of hydrogen-bond acceptors (Lipinski definition) is 3. The molecule has 0 bridgehead atoms. The van der Waals surface area contributed by atoms with Crippen molar-refractivity contribution in [1.82, 2.24) is 10.3 Å². The molecular weight excluding hydrogens is 253 g/mol. The number of rotatable bonds is 5. The zero-order valence-corrected chi connectivity index (χ0v) is 12.5. The van der Waals surface area contributed by atoms with Gasteiger partial charge in [0.05, 0.1) is 0 Å². The van der Waals surface area contributed by atoms with E-state index >= 15 is 0 Å². The van der Waals surface area contributed by atoms with Crippen molar-refractivity contribution < 1.29 is 4.39 Å². The lowest BCUT2D eigenvalue weighted by molar-refractivity contribution is 0.0608. The first kappa shape index (κ1) is 15.4. The molecule has 0 radical (unpaired) electrons. The predicted octanol–water partition coefficient (Wildman–Crippen LogP) is 2.46. The zero-order valence-electron chi connectivity index (χ0n) is 12.5. The van der Waals surface area contributed by atoms with Gasteiger partial charge in [0.2, 0.25) is 0 Å². The average Bonchev–Trinajstić information content (AvgIpc) is 2.47. The monoisotopic (exact) mass is 279 g/mol. The van der Waals surface area contributed by atoms with Crippen molar-refractivity contribution >= 4 is 0 Å². The van der Waals surface area contributed by atoms with Crippen LogP contribution in [-0.2, 0) is 6.42 Å². The fourth-order valence-electron chi connectivity index (χ4n) is 3.09. The molecule has 4 heteroatoms. The van der Waals surface area contributed by atoms with Gasteiger partial charge in [0.1, 0.15) is 5.82 Å². The Hall–Kier alpha value is -0.970. The second-order valence-electron chi connectivity index (χ2n) is 6.22. The van der Waals surface area contributed by atoms with Crippen LogP contribution in [-0.4, -0.2) is 29.6 Å². The van der Waals surface area contributed by atoms with E-state index in [1.807, 2.05) is 12.1 Å². The van der Waals surface area contributed by atoms with E-state index in [-0.39, 0.29) is 17.4 Å². The van der Waals surface area contributed by atoms with Crippen LogP contribution in [0, 0.1) is 5.82 Å². The molecule has 1 aromatic rings. The third-order valence-electron chi connectivity index (χ3n) is 4.61. The van der Waals surface area contributed by atoms with Crippen LogP contribution in [0.4, 0.5) is 4.39 Å². The largest absolute Gasteiger partial charge is 0.297 e. The van der Waals surface area contributed by atoms with Crippen LogP contribution in [0.1, 0.15) is 38.7 Å². The first-order valence-corrected chi connectivity index (χ1v) is 7.50. The number of halogens is 1. The molecule has 3 N–H and O–H groups in total. The highest BCUT2D eigenvalue weighted by Crippen LogP contribution is 2.26. The molecule has 2 rings (SSSR count). The molecule has 1 aromatic carbocycles. The Balaban J connectivity index is 2.12. The van der Waals surface area contributed by atoms with Gasteiger partial charge in [0.15, 0.2) is 0 Å². The van der Waals surface area contributed by atoms with Gasteiger partial charge in [-0.3, -0.25) is 16.2 Å². The lowest BCUT2D eigenvalue weighted by atomic mass is 9.86. The molecule has 1 saturated heterocycles. The molecule has 1 unspecified atom stereocenters. The minimum atomic E-state index is -0.151. The van der Waals surface area contributed by atoms with Gasteiger partial charge in [-0.1, -0.05) is 24.6 Å². The molecule has 0 saturated carbocycles. The number of nitrogens with two attached hydrogens (primary N) is 1. The summed E-state index contributed by atoms with van der Waals surface area (Å²) in [5.41, 5.74) is 3.54. The SMILES string of the molecule is CC(C)(C(Cc1ccccc1F)NN)N1CCCCC1. The van der Waals surface area contributed by atoms with Crippen LogP contribution in [0.3, 0.4) is 0 Å². The van der Waals surface area contributed by atoms with Gasteiger partial charge in [0, 0.05) is 11.6 Å². The lowest BCUT2D eigenvalue weighted by Gasteiger charge is -2.45. The second-order valence-corrected chi connectivity index (χ2v) is 6.22. The van der Waals surface area contributed by atoms with E-state index in [1.165, 1.54) is 25.3 Å². The summed E-state index contributed by atoms with van der Waals surface area (Å²) in [6.07, 6.45) is 4.38. The highest BCUT2D eigenvalue weighted by atomic mass is 19.1. The molecule has 0 aromatic heterocycles. The predicted molar refractivity (Wildman–Crippen MR) is 80.7 cm³/mol. The molecule has 3 nitrogen and oxygen atoms in total. The van der Waals surface area contributed by atoms with Gasteiger partial charge in [-0.2, -0.15) is 0 Å². The van der Waals surface area contributed by atoms with Gasteiger partial charge >= 0.3 is 0 Å². The molecule has 0 spiro atoms. The lowest BCUT2D eigenvalue weighted by Crippen LogP contribution is -2.61. The molecule has 1 atom stereocenters. The number of likely N-dealkylation sites (tertiary alicyclic amines) is 1. The van der Waals surface area contributed by atoms with E-state index in [0.29, 0.717) is 6.42 Å². The van der Waals surface area contributed by atoms with Crippen molar-refractivity contribution in [1.29, 1.82) is 0 Å². The number of piperidine rings is 1. The van der Waals surface area contributed by atoms with E-state index < -0.39 is 0 Å². The Morgan fingerprint density at radius 1 is 1.25 bits per heavy atom. The topological polar surface area (TPSA) is 41.3 Å². The summed E-state index contributed by atoms with van der Waals surface area (Å²) in [5, 5.41) is 0. The van der Waals surface area contributed by atoms with Crippen LogP contribution in [0.5, 0.6) is 0 Å². The number of benzene rings is 1. The normalized spacial score (nSPS) is 19.0. The average molecular weight is 279 g/mol. The van der Waals surface area contributed by atoms with E-state index in [2.05, 4.69) is 24.2 Å². The molecule has 1 aliphatic heterocycles.